The Hall–Kier alpha value is -2.83. The zero-order valence-electron chi connectivity index (χ0n) is 17.9. The van der Waals surface area contributed by atoms with Crippen molar-refractivity contribution in [3.8, 4) is 17.2 Å². The molecule has 1 aromatic heterocycles. The molecule has 1 heterocycles. The van der Waals surface area contributed by atoms with Gasteiger partial charge in [0.1, 0.15) is 11.3 Å². The molecule has 1 amide bonds. The summed E-state index contributed by atoms with van der Waals surface area (Å²) in [6, 6.07) is 16.6. The highest BCUT2D eigenvalue weighted by molar-refractivity contribution is 9.10. The van der Waals surface area contributed by atoms with Gasteiger partial charge in [-0.3, -0.25) is 4.79 Å². The molecule has 0 saturated heterocycles. The lowest BCUT2D eigenvalue weighted by atomic mass is 9.98. The summed E-state index contributed by atoms with van der Waals surface area (Å²) in [5.41, 5.74) is 4.31. The quantitative estimate of drug-likeness (QED) is 0.287. The topological polar surface area (TPSA) is 64.4 Å². The van der Waals surface area contributed by atoms with Crippen molar-refractivity contribution < 1.29 is 13.9 Å². The predicted octanol–water partition coefficient (Wildman–Crippen LogP) is 7.69. The fourth-order valence-electron chi connectivity index (χ4n) is 3.41. The van der Waals surface area contributed by atoms with Crippen LogP contribution in [0.1, 0.15) is 42.1 Å². The van der Waals surface area contributed by atoms with Gasteiger partial charge in [0.05, 0.1) is 23.4 Å². The summed E-state index contributed by atoms with van der Waals surface area (Å²) < 4.78 is 12.0. The lowest BCUT2D eigenvalue weighted by Crippen LogP contribution is -2.13. The molecule has 0 radical (unpaired) electrons. The molecule has 7 heteroatoms. The molecule has 4 rings (SSSR count). The Morgan fingerprint density at radius 3 is 2.75 bits per heavy atom. The number of anilines is 1. The Morgan fingerprint density at radius 2 is 2.00 bits per heavy atom. The molecule has 1 atom stereocenters. The maximum atomic E-state index is 12.9. The van der Waals surface area contributed by atoms with Gasteiger partial charge in [-0.05, 0) is 66.4 Å². The number of nitrogens with one attached hydrogen (secondary N) is 1. The van der Waals surface area contributed by atoms with Crippen LogP contribution in [0.2, 0.25) is 5.02 Å². The number of fused-ring (bicyclic) bond motifs is 1. The molecule has 0 aliphatic rings. The maximum Gasteiger partial charge on any atom is 0.259 e. The van der Waals surface area contributed by atoms with Gasteiger partial charge < -0.3 is 14.5 Å². The molecule has 0 spiro atoms. The molecular weight excluding hydrogens is 492 g/mol. The number of carbonyl (C=O) groups excluding carboxylic acids is 1. The lowest BCUT2D eigenvalue weighted by Gasteiger charge is -2.11. The number of nitrogens with zero attached hydrogens (tertiary/aromatic N) is 1. The number of halogens is 2. The fraction of sp³-hybridized carbons (Fsp3) is 0.200. The maximum absolute atomic E-state index is 12.9. The van der Waals surface area contributed by atoms with Crippen molar-refractivity contribution in [3.63, 3.8) is 0 Å². The van der Waals surface area contributed by atoms with Crippen LogP contribution in [0, 0.1) is 0 Å². The zero-order valence-corrected chi connectivity index (χ0v) is 20.3. The Kier molecular flexibility index (Phi) is 6.53. The number of ether oxygens (including phenoxy) is 1. The first-order valence-electron chi connectivity index (χ1n) is 10.2. The normalized spacial score (nSPS) is 12.0. The van der Waals surface area contributed by atoms with E-state index in [1.165, 1.54) is 12.7 Å². The van der Waals surface area contributed by atoms with Crippen LogP contribution < -0.4 is 10.1 Å². The van der Waals surface area contributed by atoms with E-state index in [2.05, 4.69) is 52.2 Å². The number of hydrogen-bond donors (Lipinski definition) is 1. The first-order chi connectivity index (χ1) is 15.4. The highest BCUT2D eigenvalue weighted by atomic mass is 79.9. The van der Waals surface area contributed by atoms with Crippen molar-refractivity contribution in [2.75, 3.05) is 12.4 Å². The first kappa shape index (κ1) is 22.4. The molecule has 0 bridgehead atoms. The molecule has 32 heavy (non-hydrogen) atoms. The average molecular weight is 514 g/mol. The van der Waals surface area contributed by atoms with Gasteiger partial charge in [-0.2, -0.15) is 0 Å². The summed E-state index contributed by atoms with van der Waals surface area (Å²) in [6.45, 7) is 4.35. The van der Waals surface area contributed by atoms with Gasteiger partial charge in [0.15, 0.2) is 5.58 Å². The van der Waals surface area contributed by atoms with Crippen molar-refractivity contribution in [1.29, 1.82) is 0 Å². The van der Waals surface area contributed by atoms with Crippen molar-refractivity contribution in [2.45, 2.75) is 26.2 Å². The summed E-state index contributed by atoms with van der Waals surface area (Å²) in [6.07, 6.45) is 1.05. The SMILES string of the molecule is CC[C@H](C)c1ccc2oc(-c3ccc(Cl)c(NC(=O)c4cc(Br)ccc4OC)c3)nc2c1. The van der Waals surface area contributed by atoms with E-state index in [0.717, 1.165) is 16.4 Å². The molecule has 0 fully saturated rings. The van der Waals surface area contributed by atoms with Crippen molar-refractivity contribution in [1.82, 2.24) is 4.98 Å². The van der Waals surface area contributed by atoms with Crippen LogP contribution in [0.3, 0.4) is 0 Å². The van der Waals surface area contributed by atoms with Gasteiger partial charge in [-0.15, -0.1) is 0 Å². The van der Waals surface area contributed by atoms with Crippen molar-refractivity contribution >= 4 is 50.2 Å². The zero-order chi connectivity index (χ0) is 22.8. The highest BCUT2D eigenvalue weighted by Crippen LogP contribution is 2.33. The second-order valence-electron chi connectivity index (χ2n) is 7.55. The van der Waals surface area contributed by atoms with E-state index in [1.54, 1.807) is 24.3 Å². The largest absolute Gasteiger partial charge is 0.496 e. The second-order valence-corrected chi connectivity index (χ2v) is 8.87. The average Bonchev–Trinajstić information content (AvgIpc) is 3.23. The van der Waals surface area contributed by atoms with Crippen molar-refractivity contribution in [2.24, 2.45) is 0 Å². The third kappa shape index (κ3) is 4.52. The number of amides is 1. The van der Waals surface area contributed by atoms with Crippen LogP contribution in [0.5, 0.6) is 5.75 Å². The first-order valence-corrected chi connectivity index (χ1v) is 11.4. The van der Waals surface area contributed by atoms with Crippen LogP contribution >= 0.6 is 27.5 Å². The Bertz CT molecular complexity index is 1300. The van der Waals surface area contributed by atoms with Crippen LogP contribution in [0.25, 0.3) is 22.6 Å². The fourth-order valence-corrected chi connectivity index (χ4v) is 3.94. The number of aromatic nitrogens is 1. The van der Waals surface area contributed by atoms with E-state index in [1.807, 2.05) is 18.2 Å². The van der Waals surface area contributed by atoms with Gasteiger partial charge in [0, 0.05) is 10.0 Å². The molecule has 3 aromatic carbocycles. The minimum Gasteiger partial charge on any atom is -0.496 e. The summed E-state index contributed by atoms with van der Waals surface area (Å²) in [4.78, 5) is 17.6. The molecule has 0 aliphatic carbocycles. The number of benzene rings is 3. The molecule has 1 N–H and O–H groups in total. The van der Waals surface area contributed by atoms with Crippen LogP contribution in [0.15, 0.2) is 63.5 Å². The lowest BCUT2D eigenvalue weighted by molar-refractivity contribution is 0.102. The predicted molar refractivity (Wildman–Crippen MR) is 132 cm³/mol. The van der Waals surface area contributed by atoms with E-state index in [-0.39, 0.29) is 5.91 Å². The van der Waals surface area contributed by atoms with E-state index >= 15 is 0 Å². The van der Waals surface area contributed by atoms with Crippen LogP contribution in [-0.4, -0.2) is 18.0 Å². The Balaban J connectivity index is 1.66. The van der Waals surface area contributed by atoms with Crippen molar-refractivity contribution in [3.05, 3.63) is 75.2 Å². The number of carbonyl (C=O) groups is 1. The minimum atomic E-state index is -0.335. The minimum absolute atomic E-state index is 0.335. The summed E-state index contributed by atoms with van der Waals surface area (Å²) >= 11 is 9.75. The van der Waals surface area contributed by atoms with E-state index < -0.39 is 0 Å². The Morgan fingerprint density at radius 1 is 1.19 bits per heavy atom. The van der Waals surface area contributed by atoms with E-state index in [9.17, 15) is 4.79 Å². The number of hydrogen-bond acceptors (Lipinski definition) is 4. The summed E-state index contributed by atoms with van der Waals surface area (Å²) in [5, 5.41) is 3.27. The molecule has 0 unspecified atom stereocenters. The van der Waals surface area contributed by atoms with Crippen LogP contribution in [0.4, 0.5) is 5.69 Å². The summed E-state index contributed by atoms with van der Waals surface area (Å²) in [7, 11) is 1.52. The van der Waals surface area contributed by atoms with Gasteiger partial charge >= 0.3 is 0 Å². The molecule has 5 nitrogen and oxygen atoms in total. The van der Waals surface area contributed by atoms with E-state index in [4.69, 9.17) is 20.8 Å². The monoisotopic (exact) mass is 512 g/mol. The third-order valence-corrected chi connectivity index (χ3v) is 6.28. The molecule has 164 valence electrons. The third-order valence-electron chi connectivity index (χ3n) is 5.46. The highest BCUT2D eigenvalue weighted by Gasteiger charge is 2.17. The number of methoxy groups -OCH3 is 1. The summed E-state index contributed by atoms with van der Waals surface area (Å²) in [5.74, 6) is 1.05. The molecule has 0 aliphatic heterocycles. The van der Waals surface area contributed by atoms with Gasteiger partial charge in [-0.25, -0.2) is 4.98 Å². The molecular formula is C25H22BrClN2O3. The van der Waals surface area contributed by atoms with Gasteiger partial charge in [-0.1, -0.05) is 47.4 Å². The Labute approximate surface area is 199 Å². The number of oxazole rings is 1. The van der Waals surface area contributed by atoms with E-state index in [0.29, 0.717) is 45.0 Å². The number of rotatable bonds is 6. The standard InChI is InChI=1S/C25H22BrClN2O3/c1-4-14(2)15-6-9-23-21(11-15)29-25(32-23)16-5-8-19(27)20(12-16)28-24(30)18-13-17(26)7-10-22(18)31-3/h5-14H,4H2,1-3H3,(H,28,30)/t14-/m0/s1. The molecule has 0 saturated carbocycles. The van der Waals surface area contributed by atoms with Gasteiger partial charge in [0.2, 0.25) is 5.89 Å². The van der Waals surface area contributed by atoms with Crippen LogP contribution in [-0.2, 0) is 0 Å². The smallest absolute Gasteiger partial charge is 0.259 e. The second kappa shape index (κ2) is 9.35. The molecule has 4 aromatic rings. The van der Waals surface area contributed by atoms with Gasteiger partial charge in [0.25, 0.3) is 5.91 Å².